The lowest BCUT2D eigenvalue weighted by Gasteiger charge is -2.17. The first kappa shape index (κ1) is 19.2. The van der Waals surface area contributed by atoms with Crippen LogP contribution < -0.4 is 14.8 Å². The van der Waals surface area contributed by atoms with Crippen LogP contribution in [0.5, 0.6) is 11.5 Å². The van der Waals surface area contributed by atoms with Crippen molar-refractivity contribution in [1.82, 2.24) is 5.32 Å². The monoisotopic (exact) mass is 451 g/mol. The van der Waals surface area contributed by atoms with E-state index in [4.69, 9.17) is 21.1 Å². The highest BCUT2D eigenvalue weighted by molar-refractivity contribution is 9.10. The smallest absolute Gasteiger partial charge is 0.167 e. The van der Waals surface area contributed by atoms with Gasteiger partial charge in [0.15, 0.2) is 11.5 Å². The topological polar surface area (TPSA) is 30.5 Å². The molecule has 2 aromatic carbocycles. The number of hydrogen-bond donors (Lipinski definition) is 1. The van der Waals surface area contributed by atoms with Crippen molar-refractivity contribution >= 4 is 38.9 Å². The third-order valence-electron chi connectivity index (χ3n) is 3.84. The van der Waals surface area contributed by atoms with Crippen LogP contribution in [0.1, 0.15) is 16.0 Å². The summed E-state index contributed by atoms with van der Waals surface area (Å²) in [5.74, 6) is 1.45. The summed E-state index contributed by atoms with van der Waals surface area (Å²) in [7, 11) is 1.65. The minimum atomic E-state index is 0.422. The molecule has 26 heavy (non-hydrogen) atoms. The van der Waals surface area contributed by atoms with Gasteiger partial charge in [-0.25, -0.2) is 0 Å². The van der Waals surface area contributed by atoms with E-state index in [2.05, 4.69) is 38.8 Å². The number of benzene rings is 2. The van der Waals surface area contributed by atoms with Gasteiger partial charge < -0.3 is 14.8 Å². The van der Waals surface area contributed by atoms with Crippen LogP contribution in [0.25, 0.3) is 0 Å². The number of rotatable bonds is 8. The Kier molecular flexibility index (Phi) is 6.97. The van der Waals surface area contributed by atoms with Gasteiger partial charge in [0.2, 0.25) is 0 Å². The Bertz CT molecular complexity index is 855. The molecule has 0 radical (unpaired) electrons. The van der Waals surface area contributed by atoms with Crippen molar-refractivity contribution in [2.24, 2.45) is 0 Å². The van der Waals surface area contributed by atoms with Crippen molar-refractivity contribution in [2.75, 3.05) is 7.11 Å². The second-order valence-corrected chi connectivity index (χ2v) is 7.98. The molecule has 3 rings (SSSR count). The molecule has 0 saturated carbocycles. The summed E-state index contributed by atoms with van der Waals surface area (Å²) >= 11 is 11.4. The predicted octanol–water partition coefficient (Wildman–Crippen LogP) is 6.04. The van der Waals surface area contributed by atoms with E-state index in [9.17, 15) is 0 Å². The Balaban J connectivity index is 1.76. The largest absolute Gasteiger partial charge is 0.493 e. The van der Waals surface area contributed by atoms with Gasteiger partial charge in [-0.3, -0.25) is 0 Å². The average molecular weight is 453 g/mol. The van der Waals surface area contributed by atoms with Gasteiger partial charge in [-0.1, -0.05) is 45.7 Å². The molecule has 136 valence electrons. The fourth-order valence-corrected chi connectivity index (χ4v) is 3.91. The number of halogens is 2. The normalized spacial score (nSPS) is 10.7. The fourth-order valence-electron chi connectivity index (χ4n) is 2.57. The van der Waals surface area contributed by atoms with Gasteiger partial charge >= 0.3 is 0 Å². The van der Waals surface area contributed by atoms with E-state index >= 15 is 0 Å². The molecule has 0 spiro atoms. The molecule has 0 aliphatic rings. The van der Waals surface area contributed by atoms with Crippen LogP contribution in [0.3, 0.4) is 0 Å². The first-order valence-electron chi connectivity index (χ1n) is 8.13. The summed E-state index contributed by atoms with van der Waals surface area (Å²) in [5.41, 5.74) is 2.04. The molecule has 0 atom stereocenters. The zero-order chi connectivity index (χ0) is 18.4. The van der Waals surface area contributed by atoms with Crippen molar-refractivity contribution in [2.45, 2.75) is 19.7 Å². The SMILES string of the molecule is COc1ccc(Br)c(CNCc2cccs2)c1OCc1cccc(Cl)c1. The lowest BCUT2D eigenvalue weighted by Crippen LogP contribution is -2.14. The van der Waals surface area contributed by atoms with Crippen LogP contribution in [-0.4, -0.2) is 7.11 Å². The second kappa shape index (κ2) is 9.42. The first-order chi connectivity index (χ1) is 12.7. The van der Waals surface area contributed by atoms with Crippen LogP contribution >= 0.6 is 38.9 Å². The molecule has 1 aromatic heterocycles. The quantitative estimate of drug-likeness (QED) is 0.452. The standard InChI is InChI=1S/C20H19BrClNO2S/c1-24-19-8-7-18(21)17(12-23-11-16-6-3-9-26-16)20(19)25-13-14-4-2-5-15(22)10-14/h2-10,23H,11-13H2,1H3. The van der Waals surface area contributed by atoms with E-state index in [0.29, 0.717) is 23.9 Å². The Hall–Kier alpha value is -1.53. The van der Waals surface area contributed by atoms with E-state index in [-0.39, 0.29) is 0 Å². The maximum Gasteiger partial charge on any atom is 0.167 e. The van der Waals surface area contributed by atoms with Gasteiger partial charge in [-0.05, 0) is 41.3 Å². The number of nitrogens with one attached hydrogen (secondary N) is 1. The number of thiophene rings is 1. The van der Waals surface area contributed by atoms with E-state index in [1.807, 2.05) is 36.4 Å². The van der Waals surface area contributed by atoms with Gasteiger partial charge in [0, 0.05) is 33.0 Å². The van der Waals surface area contributed by atoms with Gasteiger partial charge in [0.05, 0.1) is 7.11 Å². The number of methoxy groups -OCH3 is 1. The Labute approximate surface area is 171 Å². The van der Waals surface area contributed by atoms with Crippen molar-refractivity contribution < 1.29 is 9.47 Å². The summed E-state index contributed by atoms with van der Waals surface area (Å²) in [6.07, 6.45) is 0. The lowest BCUT2D eigenvalue weighted by atomic mass is 10.1. The molecule has 0 aliphatic heterocycles. The van der Waals surface area contributed by atoms with E-state index < -0.39 is 0 Å². The molecule has 3 nitrogen and oxygen atoms in total. The molecule has 0 saturated heterocycles. The Morgan fingerprint density at radius 2 is 2.00 bits per heavy atom. The molecular formula is C20H19BrClNO2S. The third kappa shape index (κ3) is 5.01. The molecule has 1 N–H and O–H groups in total. The summed E-state index contributed by atoms with van der Waals surface area (Å²) in [5, 5.41) is 6.25. The summed E-state index contributed by atoms with van der Waals surface area (Å²) in [4.78, 5) is 1.30. The van der Waals surface area contributed by atoms with Crippen LogP contribution in [0.2, 0.25) is 5.02 Å². The number of ether oxygens (including phenoxy) is 2. The molecular weight excluding hydrogens is 434 g/mol. The zero-order valence-corrected chi connectivity index (χ0v) is 17.5. The maximum absolute atomic E-state index is 6.12. The Morgan fingerprint density at radius 3 is 2.73 bits per heavy atom. The van der Waals surface area contributed by atoms with Crippen LogP contribution in [0.15, 0.2) is 58.4 Å². The highest BCUT2D eigenvalue weighted by atomic mass is 79.9. The van der Waals surface area contributed by atoms with Gasteiger partial charge in [0.1, 0.15) is 6.61 Å². The van der Waals surface area contributed by atoms with Crippen LogP contribution in [0.4, 0.5) is 0 Å². The molecule has 0 aliphatic carbocycles. The predicted molar refractivity (Wildman–Crippen MR) is 111 cm³/mol. The van der Waals surface area contributed by atoms with Gasteiger partial charge in [-0.2, -0.15) is 0 Å². The summed E-state index contributed by atoms with van der Waals surface area (Å²) in [6.45, 7) is 1.90. The second-order valence-electron chi connectivity index (χ2n) is 5.66. The molecule has 3 aromatic rings. The summed E-state index contributed by atoms with van der Waals surface area (Å²) < 4.78 is 12.6. The highest BCUT2D eigenvalue weighted by Gasteiger charge is 2.15. The molecule has 0 amide bonds. The van der Waals surface area contributed by atoms with Crippen LogP contribution in [0, 0.1) is 0 Å². The molecule has 0 unspecified atom stereocenters. The molecule has 0 bridgehead atoms. The van der Waals surface area contributed by atoms with E-state index in [1.54, 1.807) is 18.4 Å². The first-order valence-corrected chi connectivity index (χ1v) is 10.2. The minimum absolute atomic E-state index is 0.422. The number of hydrogen-bond acceptors (Lipinski definition) is 4. The molecule has 1 heterocycles. The van der Waals surface area contributed by atoms with Gasteiger partial charge in [0.25, 0.3) is 0 Å². The maximum atomic E-state index is 6.12. The zero-order valence-electron chi connectivity index (χ0n) is 14.3. The van der Waals surface area contributed by atoms with Crippen molar-refractivity contribution in [3.05, 3.63) is 79.4 Å². The molecule has 0 fully saturated rings. The summed E-state index contributed by atoms with van der Waals surface area (Å²) in [6, 6.07) is 15.7. The van der Waals surface area contributed by atoms with E-state index in [0.717, 1.165) is 27.9 Å². The van der Waals surface area contributed by atoms with E-state index in [1.165, 1.54) is 4.88 Å². The van der Waals surface area contributed by atoms with Crippen molar-refractivity contribution in [3.8, 4) is 11.5 Å². The van der Waals surface area contributed by atoms with Gasteiger partial charge in [-0.15, -0.1) is 11.3 Å². The molecule has 6 heteroatoms. The van der Waals surface area contributed by atoms with Crippen molar-refractivity contribution in [1.29, 1.82) is 0 Å². The Morgan fingerprint density at radius 1 is 1.12 bits per heavy atom. The highest BCUT2D eigenvalue weighted by Crippen LogP contribution is 2.37. The fraction of sp³-hybridized carbons (Fsp3) is 0.200. The van der Waals surface area contributed by atoms with Crippen molar-refractivity contribution in [3.63, 3.8) is 0 Å². The van der Waals surface area contributed by atoms with Crippen LogP contribution in [-0.2, 0) is 19.7 Å². The minimum Gasteiger partial charge on any atom is -0.493 e. The lowest BCUT2D eigenvalue weighted by molar-refractivity contribution is 0.280. The third-order valence-corrected chi connectivity index (χ3v) is 5.69. The average Bonchev–Trinajstić information content (AvgIpc) is 3.15.